The van der Waals surface area contributed by atoms with Crippen molar-refractivity contribution in [3.05, 3.63) is 0 Å². The van der Waals surface area contributed by atoms with E-state index >= 15 is 0 Å². The van der Waals surface area contributed by atoms with E-state index in [1.165, 1.54) is 0 Å². The first-order valence-corrected chi connectivity index (χ1v) is 3.47. The highest BCUT2D eigenvalue weighted by Gasteiger charge is 1.97. The zero-order valence-corrected chi connectivity index (χ0v) is 6.52. The summed E-state index contributed by atoms with van der Waals surface area (Å²) < 4.78 is 0. The van der Waals surface area contributed by atoms with Crippen LogP contribution in [0.2, 0.25) is 0 Å². The number of aliphatic imine (C=N–C) groups is 1. The van der Waals surface area contributed by atoms with Crippen molar-refractivity contribution in [3.8, 4) is 0 Å². The van der Waals surface area contributed by atoms with Crippen molar-refractivity contribution in [2.24, 2.45) is 4.99 Å². The minimum Gasteiger partial charge on any atom is -0.318 e. The Morgan fingerprint density at radius 3 is 2.67 bits per heavy atom. The second-order valence-electron chi connectivity index (χ2n) is 2.03. The first-order valence-electron chi connectivity index (χ1n) is 3.47. The fraction of sp³-hybridized carbons (Fsp3) is 0.857. The molecule has 1 atom stereocenters. The standard InChI is InChI=1S/C7H16N2/c1-4-7(6-8-3)9-5-2/h5,7-8H,4,6H2,1-3H3. The molecule has 0 aliphatic carbocycles. The van der Waals surface area contributed by atoms with Crippen molar-refractivity contribution in [3.63, 3.8) is 0 Å². The van der Waals surface area contributed by atoms with Crippen LogP contribution in [0.1, 0.15) is 20.3 Å². The normalized spacial score (nSPS) is 14.6. The van der Waals surface area contributed by atoms with Gasteiger partial charge in [-0.2, -0.15) is 0 Å². The molecule has 54 valence electrons. The summed E-state index contributed by atoms with van der Waals surface area (Å²) in [7, 11) is 1.95. The van der Waals surface area contributed by atoms with E-state index in [0.717, 1.165) is 13.0 Å². The molecule has 0 amide bonds. The van der Waals surface area contributed by atoms with Gasteiger partial charge in [-0.15, -0.1) is 0 Å². The van der Waals surface area contributed by atoms with Gasteiger partial charge in [-0.25, -0.2) is 0 Å². The predicted octanol–water partition coefficient (Wildman–Crippen LogP) is 1.08. The van der Waals surface area contributed by atoms with Crippen molar-refractivity contribution in [1.29, 1.82) is 0 Å². The number of hydrogen-bond acceptors (Lipinski definition) is 2. The van der Waals surface area contributed by atoms with Gasteiger partial charge in [-0.1, -0.05) is 6.92 Å². The molecular weight excluding hydrogens is 112 g/mol. The van der Waals surface area contributed by atoms with E-state index in [2.05, 4.69) is 17.2 Å². The Bertz CT molecular complexity index is 79.0. The molecule has 0 aromatic rings. The van der Waals surface area contributed by atoms with E-state index in [1.54, 1.807) is 0 Å². The van der Waals surface area contributed by atoms with Crippen LogP contribution in [-0.2, 0) is 0 Å². The second kappa shape index (κ2) is 5.76. The highest BCUT2D eigenvalue weighted by atomic mass is 14.9. The quantitative estimate of drug-likeness (QED) is 0.563. The molecule has 0 saturated heterocycles. The SMILES string of the molecule is CC=NC(CC)CNC. The molecule has 2 heteroatoms. The van der Waals surface area contributed by atoms with E-state index in [9.17, 15) is 0 Å². The maximum absolute atomic E-state index is 4.24. The fourth-order valence-electron chi connectivity index (χ4n) is 0.749. The smallest absolute Gasteiger partial charge is 0.0617 e. The molecule has 1 N–H and O–H groups in total. The lowest BCUT2D eigenvalue weighted by molar-refractivity contribution is 0.606. The summed E-state index contributed by atoms with van der Waals surface area (Å²) in [5.74, 6) is 0. The largest absolute Gasteiger partial charge is 0.318 e. The van der Waals surface area contributed by atoms with Crippen molar-refractivity contribution in [1.82, 2.24) is 5.32 Å². The summed E-state index contributed by atoms with van der Waals surface area (Å²) >= 11 is 0. The molecule has 0 aliphatic heterocycles. The van der Waals surface area contributed by atoms with Gasteiger partial charge in [0.2, 0.25) is 0 Å². The van der Waals surface area contributed by atoms with Crippen LogP contribution in [0.3, 0.4) is 0 Å². The molecule has 2 nitrogen and oxygen atoms in total. The topological polar surface area (TPSA) is 24.4 Å². The highest BCUT2D eigenvalue weighted by molar-refractivity contribution is 5.53. The first-order chi connectivity index (χ1) is 4.35. The summed E-state index contributed by atoms with van der Waals surface area (Å²) in [6.07, 6.45) is 2.98. The molecule has 1 unspecified atom stereocenters. The second-order valence-corrected chi connectivity index (χ2v) is 2.03. The minimum atomic E-state index is 0.472. The number of likely N-dealkylation sites (N-methyl/N-ethyl adjacent to an activating group) is 1. The summed E-state index contributed by atoms with van der Waals surface area (Å²) in [4.78, 5) is 4.24. The average molecular weight is 128 g/mol. The molecule has 0 rings (SSSR count). The molecular formula is C7H16N2. The molecule has 0 heterocycles. The Morgan fingerprint density at radius 2 is 2.33 bits per heavy atom. The van der Waals surface area contributed by atoms with E-state index in [4.69, 9.17) is 0 Å². The monoisotopic (exact) mass is 128 g/mol. The zero-order chi connectivity index (χ0) is 7.11. The number of nitrogens with one attached hydrogen (secondary N) is 1. The Balaban J connectivity index is 3.41. The minimum absolute atomic E-state index is 0.472. The summed E-state index contributed by atoms with van der Waals surface area (Å²) in [6.45, 7) is 5.09. The van der Waals surface area contributed by atoms with Crippen molar-refractivity contribution in [2.45, 2.75) is 26.3 Å². The van der Waals surface area contributed by atoms with Gasteiger partial charge in [-0.05, 0) is 26.6 Å². The maximum atomic E-state index is 4.24. The molecule has 0 aliphatic rings. The lowest BCUT2D eigenvalue weighted by Crippen LogP contribution is -2.21. The molecule has 9 heavy (non-hydrogen) atoms. The van der Waals surface area contributed by atoms with Gasteiger partial charge in [0.1, 0.15) is 0 Å². The number of nitrogens with zero attached hydrogens (tertiary/aromatic N) is 1. The van der Waals surface area contributed by atoms with Gasteiger partial charge in [0.25, 0.3) is 0 Å². The molecule has 0 aromatic carbocycles. The van der Waals surface area contributed by atoms with Crippen LogP contribution in [0.5, 0.6) is 0 Å². The van der Waals surface area contributed by atoms with Crippen molar-refractivity contribution >= 4 is 6.21 Å². The summed E-state index contributed by atoms with van der Waals surface area (Å²) in [5.41, 5.74) is 0. The van der Waals surface area contributed by atoms with Crippen molar-refractivity contribution in [2.75, 3.05) is 13.6 Å². The maximum Gasteiger partial charge on any atom is 0.0617 e. The van der Waals surface area contributed by atoms with Gasteiger partial charge in [0.15, 0.2) is 0 Å². The van der Waals surface area contributed by atoms with Crippen LogP contribution in [0, 0.1) is 0 Å². The van der Waals surface area contributed by atoms with Crippen molar-refractivity contribution < 1.29 is 0 Å². The van der Waals surface area contributed by atoms with Crippen LogP contribution < -0.4 is 5.32 Å². The van der Waals surface area contributed by atoms with Crippen LogP contribution in [0.4, 0.5) is 0 Å². The lowest BCUT2D eigenvalue weighted by Gasteiger charge is -2.06. The van der Waals surface area contributed by atoms with Gasteiger partial charge >= 0.3 is 0 Å². The van der Waals surface area contributed by atoms with Gasteiger partial charge in [-0.3, -0.25) is 4.99 Å². The lowest BCUT2D eigenvalue weighted by atomic mass is 10.2. The van der Waals surface area contributed by atoms with E-state index in [0.29, 0.717) is 6.04 Å². The Morgan fingerprint density at radius 1 is 1.67 bits per heavy atom. The predicted molar refractivity (Wildman–Crippen MR) is 42.2 cm³/mol. The van der Waals surface area contributed by atoms with Crippen LogP contribution in [0.15, 0.2) is 4.99 Å². The average Bonchev–Trinajstić information content (AvgIpc) is 1.88. The Kier molecular flexibility index (Phi) is 5.52. The number of hydrogen-bond donors (Lipinski definition) is 1. The van der Waals surface area contributed by atoms with Crippen LogP contribution in [0.25, 0.3) is 0 Å². The molecule has 0 spiro atoms. The molecule has 0 radical (unpaired) electrons. The first kappa shape index (κ1) is 8.63. The third-order valence-electron chi connectivity index (χ3n) is 1.27. The van der Waals surface area contributed by atoms with Gasteiger partial charge in [0.05, 0.1) is 6.04 Å². The Hall–Kier alpha value is -0.370. The third-order valence-corrected chi connectivity index (χ3v) is 1.27. The summed E-state index contributed by atoms with van der Waals surface area (Å²) in [5, 5.41) is 3.09. The fourth-order valence-corrected chi connectivity index (χ4v) is 0.749. The van der Waals surface area contributed by atoms with Crippen LogP contribution >= 0.6 is 0 Å². The number of rotatable bonds is 4. The third kappa shape index (κ3) is 4.15. The molecule has 0 saturated carbocycles. The Labute approximate surface area is 57.4 Å². The van der Waals surface area contributed by atoms with E-state index < -0.39 is 0 Å². The van der Waals surface area contributed by atoms with Gasteiger partial charge < -0.3 is 5.32 Å². The summed E-state index contributed by atoms with van der Waals surface area (Å²) in [6, 6.07) is 0.472. The molecule has 0 fully saturated rings. The van der Waals surface area contributed by atoms with Crippen LogP contribution in [-0.4, -0.2) is 25.8 Å². The zero-order valence-electron chi connectivity index (χ0n) is 6.52. The van der Waals surface area contributed by atoms with E-state index in [1.807, 2.05) is 20.2 Å². The molecule has 0 aromatic heterocycles. The van der Waals surface area contributed by atoms with Gasteiger partial charge in [0, 0.05) is 6.54 Å². The highest BCUT2D eigenvalue weighted by Crippen LogP contribution is 1.92. The van der Waals surface area contributed by atoms with E-state index in [-0.39, 0.29) is 0 Å². The molecule has 0 bridgehead atoms.